The van der Waals surface area contributed by atoms with Gasteiger partial charge in [0.25, 0.3) is 5.91 Å². The molecule has 1 aromatic heterocycles. The molecule has 0 bridgehead atoms. The van der Waals surface area contributed by atoms with Crippen LogP contribution in [-0.4, -0.2) is 22.1 Å². The zero-order valence-electron chi connectivity index (χ0n) is 10.6. The van der Waals surface area contributed by atoms with E-state index in [1.807, 2.05) is 0 Å². The lowest BCUT2D eigenvalue weighted by Crippen LogP contribution is -2.29. The van der Waals surface area contributed by atoms with Crippen LogP contribution in [0.5, 0.6) is 0 Å². The minimum Gasteiger partial charge on any atom is -0.395 e. The Labute approximate surface area is 101 Å². The van der Waals surface area contributed by atoms with E-state index in [2.05, 4.69) is 36.3 Å². The highest BCUT2D eigenvalue weighted by Crippen LogP contribution is 2.44. The summed E-state index contributed by atoms with van der Waals surface area (Å²) in [5.41, 5.74) is 7.79. The molecule has 0 saturated heterocycles. The number of nitrogens with zero attached hydrogens (tertiary/aromatic N) is 1. The quantitative estimate of drug-likeness (QED) is 0.740. The van der Waals surface area contributed by atoms with E-state index in [1.165, 1.54) is 0 Å². The van der Waals surface area contributed by atoms with E-state index in [-0.39, 0.29) is 17.4 Å². The third-order valence-electron chi connectivity index (χ3n) is 3.42. The van der Waals surface area contributed by atoms with Gasteiger partial charge in [-0.3, -0.25) is 9.89 Å². The highest BCUT2D eigenvalue weighted by molar-refractivity contribution is 5.98. The molecule has 5 heteroatoms. The van der Waals surface area contributed by atoms with E-state index in [0.29, 0.717) is 11.4 Å². The Kier molecular flexibility index (Phi) is 2.85. The number of carbonyl (C=O) groups excluding carboxylic acids is 1. The summed E-state index contributed by atoms with van der Waals surface area (Å²) < 4.78 is 0. The molecule has 0 spiro atoms. The molecule has 2 rings (SSSR count). The maximum absolute atomic E-state index is 11.9. The maximum Gasteiger partial charge on any atom is 0.274 e. The second-order valence-electron chi connectivity index (χ2n) is 5.43. The maximum atomic E-state index is 11.9. The summed E-state index contributed by atoms with van der Waals surface area (Å²) in [4.78, 5) is 11.9. The van der Waals surface area contributed by atoms with Crippen molar-refractivity contribution >= 4 is 11.6 Å². The number of amides is 1. The zero-order valence-corrected chi connectivity index (χ0v) is 10.6. The minimum atomic E-state index is -0.170. The molecule has 94 valence electrons. The van der Waals surface area contributed by atoms with Crippen molar-refractivity contribution in [1.29, 1.82) is 0 Å². The van der Waals surface area contributed by atoms with Gasteiger partial charge >= 0.3 is 0 Å². The van der Waals surface area contributed by atoms with Crippen molar-refractivity contribution in [3.8, 4) is 0 Å². The molecule has 1 atom stereocenters. The minimum absolute atomic E-state index is 0.170. The van der Waals surface area contributed by atoms with E-state index < -0.39 is 0 Å². The SMILES string of the molecule is CCCc1[nH]nc(C(=O)NC2CC2(C)C)c1N. The molecule has 0 aliphatic heterocycles. The first-order chi connectivity index (χ1) is 7.95. The number of nitrogens with one attached hydrogen (secondary N) is 2. The molecule has 1 saturated carbocycles. The fourth-order valence-corrected chi connectivity index (χ4v) is 1.94. The van der Waals surface area contributed by atoms with Gasteiger partial charge in [0.05, 0.1) is 11.4 Å². The largest absolute Gasteiger partial charge is 0.395 e. The Morgan fingerprint density at radius 1 is 1.65 bits per heavy atom. The van der Waals surface area contributed by atoms with E-state index in [4.69, 9.17) is 5.73 Å². The molecule has 1 amide bonds. The number of nitrogens with two attached hydrogens (primary N) is 1. The van der Waals surface area contributed by atoms with Crippen molar-refractivity contribution in [2.24, 2.45) is 5.41 Å². The number of carbonyl (C=O) groups is 1. The molecule has 1 heterocycles. The van der Waals surface area contributed by atoms with Crippen molar-refractivity contribution in [3.63, 3.8) is 0 Å². The first kappa shape index (κ1) is 12.0. The third kappa shape index (κ3) is 2.28. The fourth-order valence-electron chi connectivity index (χ4n) is 1.94. The number of aromatic amines is 1. The Bertz CT molecular complexity index is 436. The number of nitrogen functional groups attached to an aromatic ring is 1. The van der Waals surface area contributed by atoms with Gasteiger partial charge in [0.1, 0.15) is 0 Å². The topological polar surface area (TPSA) is 83.8 Å². The van der Waals surface area contributed by atoms with Crippen molar-refractivity contribution < 1.29 is 4.79 Å². The van der Waals surface area contributed by atoms with Crippen LogP contribution < -0.4 is 11.1 Å². The second kappa shape index (κ2) is 4.05. The lowest BCUT2D eigenvalue weighted by molar-refractivity contribution is 0.0942. The molecular weight excluding hydrogens is 216 g/mol. The van der Waals surface area contributed by atoms with Crippen LogP contribution in [0.4, 0.5) is 5.69 Å². The van der Waals surface area contributed by atoms with Crippen LogP contribution in [-0.2, 0) is 6.42 Å². The molecular formula is C12H20N4O. The summed E-state index contributed by atoms with van der Waals surface area (Å²) in [6, 6.07) is 0.251. The molecule has 1 aromatic rings. The van der Waals surface area contributed by atoms with Crippen LogP contribution in [0.3, 0.4) is 0 Å². The van der Waals surface area contributed by atoms with Gasteiger partial charge in [0.2, 0.25) is 0 Å². The third-order valence-corrected chi connectivity index (χ3v) is 3.42. The summed E-state index contributed by atoms with van der Waals surface area (Å²) in [6.45, 7) is 6.33. The van der Waals surface area contributed by atoms with Gasteiger partial charge < -0.3 is 11.1 Å². The predicted octanol–water partition coefficient (Wildman–Crippen LogP) is 1.47. The standard InChI is InChI=1S/C12H20N4O/c1-4-5-7-9(13)10(16-15-7)11(17)14-8-6-12(8,2)3/h8H,4-6,13H2,1-3H3,(H,14,17)(H,15,16). The monoisotopic (exact) mass is 236 g/mol. The van der Waals surface area contributed by atoms with Crippen LogP contribution in [0.2, 0.25) is 0 Å². The smallest absolute Gasteiger partial charge is 0.274 e. The number of anilines is 1. The second-order valence-corrected chi connectivity index (χ2v) is 5.43. The van der Waals surface area contributed by atoms with Crippen molar-refractivity contribution in [2.75, 3.05) is 5.73 Å². The number of H-pyrrole nitrogens is 1. The molecule has 0 radical (unpaired) electrons. The fraction of sp³-hybridized carbons (Fsp3) is 0.667. The normalized spacial score (nSPS) is 21.2. The Morgan fingerprint density at radius 3 is 2.82 bits per heavy atom. The van der Waals surface area contributed by atoms with Crippen LogP contribution in [0.15, 0.2) is 0 Å². The first-order valence-corrected chi connectivity index (χ1v) is 6.09. The van der Waals surface area contributed by atoms with Gasteiger partial charge in [-0.1, -0.05) is 27.2 Å². The summed E-state index contributed by atoms with van der Waals surface area (Å²) in [5.74, 6) is -0.170. The highest BCUT2D eigenvalue weighted by atomic mass is 16.2. The van der Waals surface area contributed by atoms with Crippen LogP contribution >= 0.6 is 0 Å². The molecule has 1 fully saturated rings. The van der Waals surface area contributed by atoms with Gasteiger partial charge in [-0.05, 0) is 18.3 Å². The molecule has 4 N–H and O–H groups in total. The molecule has 1 aliphatic rings. The van der Waals surface area contributed by atoms with Gasteiger partial charge in [0.15, 0.2) is 5.69 Å². The predicted molar refractivity (Wildman–Crippen MR) is 66.6 cm³/mol. The summed E-state index contributed by atoms with van der Waals surface area (Å²) in [7, 11) is 0. The molecule has 17 heavy (non-hydrogen) atoms. The average Bonchev–Trinajstić information content (AvgIpc) is 2.67. The highest BCUT2D eigenvalue weighted by Gasteiger charge is 2.46. The van der Waals surface area contributed by atoms with E-state index in [9.17, 15) is 4.79 Å². The van der Waals surface area contributed by atoms with Crippen molar-refractivity contribution in [1.82, 2.24) is 15.5 Å². The Morgan fingerprint density at radius 2 is 2.29 bits per heavy atom. The van der Waals surface area contributed by atoms with Crippen molar-refractivity contribution in [3.05, 3.63) is 11.4 Å². The van der Waals surface area contributed by atoms with E-state index in [1.54, 1.807) is 0 Å². The number of rotatable bonds is 4. The number of hydrogen-bond donors (Lipinski definition) is 3. The average molecular weight is 236 g/mol. The van der Waals surface area contributed by atoms with Gasteiger partial charge in [0, 0.05) is 6.04 Å². The van der Waals surface area contributed by atoms with E-state index >= 15 is 0 Å². The summed E-state index contributed by atoms with van der Waals surface area (Å²) >= 11 is 0. The molecule has 1 aliphatic carbocycles. The zero-order chi connectivity index (χ0) is 12.6. The lowest BCUT2D eigenvalue weighted by Gasteiger charge is -2.05. The molecule has 1 unspecified atom stereocenters. The van der Waals surface area contributed by atoms with Gasteiger partial charge in [-0.2, -0.15) is 5.10 Å². The number of aromatic nitrogens is 2. The van der Waals surface area contributed by atoms with Gasteiger partial charge in [-0.25, -0.2) is 0 Å². The summed E-state index contributed by atoms with van der Waals surface area (Å²) in [5, 5.41) is 9.79. The molecule has 5 nitrogen and oxygen atoms in total. The number of aryl methyl sites for hydroxylation is 1. The Balaban J connectivity index is 2.04. The van der Waals surface area contributed by atoms with Crippen LogP contribution in [0.25, 0.3) is 0 Å². The summed E-state index contributed by atoms with van der Waals surface area (Å²) in [6.07, 6.45) is 2.81. The Hall–Kier alpha value is -1.52. The first-order valence-electron chi connectivity index (χ1n) is 6.09. The number of hydrogen-bond acceptors (Lipinski definition) is 3. The van der Waals surface area contributed by atoms with E-state index in [0.717, 1.165) is 25.0 Å². The van der Waals surface area contributed by atoms with Crippen LogP contribution in [0, 0.1) is 5.41 Å². The molecule has 0 aromatic carbocycles. The van der Waals surface area contributed by atoms with Gasteiger partial charge in [-0.15, -0.1) is 0 Å². The van der Waals surface area contributed by atoms with Crippen LogP contribution in [0.1, 0.15) is 49.8 Å². The van der Waals surface area contributed by atoms with Crippen molar-refractivity contribution in [2.45, 2.75) is 46.1 Å². The lowest BCUT2D eigenvalue weighted by atomic mass is 10.2.